The number of carbonyl (C=O) groups excluding carboxylic acids is 3. The smallest absolute Gasteiger partial charge is 0.355 e. The zero-order valence-corrected chi connectivity index (χ0v) is 18.2. The first-order valence-corrected chi connectivity index (χ1v) is 9.87. The molecule has 0 fully saturated rings. The molecule has 1 unspecified atom stereocenters. The number of nitrogens with one attached hydrogen (secondary N) is 1. The molecule has 2 rings (SSSR count). The molecule has 0 saturated heterocycles. The van der Waals surface area contributed by atoms with E-state index in [0.717, 1.165) is 6.07 Å². The quantitative estimate of drug-likeness (QED) is 0.492. The number of carbonyl (C=O) groups is 3. The minimum atomic E-state index is -1.13. The van der Waals surface area contributed by atoms with Crippen molar-refractivity contribution in [3.63, 3.8) is 0 Å². The Bertz CT molecular complexity index is 936. The fraction of sp³-hybridized carbons (Fsp3) is 0.409. The number of methoxy groups -OCH3 is 1. The third kappa shape index (κ3) is 5.04. The molecule has 0 spiro atoms. The van der Waals surface area contributed by atoms with Crippen LogP contribution in [0, 0.1) is 5.82 Å². The van der Waals surface area contributed by atoms with Gasteiger partial charge in [0.2, 0.25) is 0 Å². The monoisotopic (exact) mass is 435 g/mol. The lowest BCUT2D eigenvalue weighted by atomic mass is 9.80. The maximum Gasteiger partial charge on any atom is 0.355 e. The maximum absolute atomic E-state index is 14.5. The molecule has 0 bridgehead atoms. The van der Waals surface area contributed by atoms with Crippen molar-refractivity contribution in [3.8, 4) is 5.75 Å². The molecule has 1 aromatic rings. The van der Waals surface area contributed by atoms with E-state index in [2.05, 4.69) is 5.32 Å². The highest BCUT2D eigenvalue weighted by molar-refractivity contribution is 6.06. The van der Waals surface area contributed by atoms with E-state index in [-0.39, 0.29) is 53.7 Å². The van der Waals surface area contributed by atoms with Crippen molar-refractivity contribution in [1.29, 1.82) is 0 Å². The van der Waals surface area contributed by atoms with E-state index in [4.69, 9.17) is 18.9 Å². The van der Waals surface area contributed by atoms with Gasteiger partial charge in [0.15, 0.2) is 11.6 Å². The van der Waals surface area contributed by atoms with Gasteiger partial charge in [-0.05, 0) is 45.4 Å². The summed E-state index contributed by atoms with van der Waals surface area (Å²) in [5, 5.41) is 2.78. The largest absolute Gasteiger partial charge is 0.494 e. The van der Waals surface area contributed by atoms with Crippen LogP contribution in [0.15, 0.2) is 40.7 Å². The van der Waals surface area contributed by atoms with Crippen molar-refractivity contribution >= 4 is 17.9 Å². The number of benzene rings is 1. The van der Waals surface area contributed by atoms with Crippen LogP contribution < -0.4 is 10.1 Å². The summed E-state index contributed by atoms with van der Waals surface area (Å²) in [5.74, 6) is -4.18. The number of allylic oxidation sites excluding steroid dienone is 1. The molecule has 1 aliphatic heterocycles. The van der Waals surface area contributed by atoms with Crippen LogP contribution in [0.2, 0.25) is 0 Å². The second kappa shape index (κ2) is 10.6. The lowest BCUT2D eigenvalue weighted by Crippen LogP contribution is -2.36. The number of esters is 3. The van der Waals surface area contributed by atoms with Crippen LogP contribution in [0.25, 0.3) is 0 Å². The van der Waals surface area contributed by atoms with Gasteiger partial charge in [-0.1, -0.05) is 6.07 Å². The van der Waals surface area contributed by atoms with Gasteiger partial charge < -0.3 is 24.3 Å². The predicted octanol–water partition coefficient (Wildman–Crippen LogP) is 2.74. The van der Waals surface area contributed by atoms with E-state index in [1.165, 1.54) is 19.2 Å². The summed E-state index contributed by atoms with van der Waals surface area (Å²) in [6.07, 6.45) is 0. The van der Waals surface area contributed by atoms with Crippen molar-refractivity contribution < 1.29 is 37.7 Å². The van der Waals surface area contributed by atoms with Gasteiger partial charge >= 0.3 is 17.9 Å². The van der Waals surface area contributed by atoms with Gasteiger partial charge in [-0.25, -0.2) is 18.8 Å². The summed E-state index contributed by atoms with van der Waals surface area (Å²) in [5.41, 5.74) is 0.232. The lowest BCUT2D eigenvalue weighted by molar-refractivity contribution is -0.143. The number of hydrogen-bond donors (Lipinski definition) is 1. The van der Waals surface area contributed by atoms with Crippen LogP contribution in [0.5, 0.6) is 5.75 Å². The molecule has 0 amide bonds. The first kappa shape index (κ1) is 23.9. The van der Waals surface area contributed by atoms with E-state index in [1.54, 1.807) is 27.7 Å². The summed E-state index contributed by atoms with van der Waals surface area (Å²) < 4.78 is 34.9. The molecule has 0 radical (unpaired) electrons. The van der Waals surface area contributed by atoms with Crippen molar-refractivity contribution in [1.82, 2.24) is 5.32 Å². The first-order chi connectivity index (χ1) is 14.8. The van der Waals surface area contributed by atoms with Crippen molar-refractivity contribution in [2.75, 3.05) is 26.9 Å². The number of rotatable bonds is 8. The lowest BCUT2D eigenvalue weighted by Gasteiger charge is -2.30. The van der Waals surface area contributed by atoms with Gasteiger partial charge in [-0.2, -0.15) is 0 Å². The van der Waals surface area contributed by atoms with E-state index in [0.29, 0.717) is 0 Å². The second-order valence-corrected chi connectivity index (χ2v) is 6.44. The highest BCUT2D eigenvalue weighted by Crippen LogP contribution is 2.40. The van der Waals surface area contributed by atoms with Crippen LogP contribution >= 0.6 is 0 Å². The molecule has 1 N–H and O–H groups in total. The summed E-state index contributed by atoms with van der Waals surface area (Å²) in [4.78, 5) is 38.3. The van der Waals surface area contributed by atoms with Gasteiger partial charge in [0.1, 0.15) is 5.70 Å². The van der Waals surface area contributed by atoms with E-state index in [9.17, 15) is 18.8 Å². The third-order valence-corrected chi connectivity index (χ3v) is 4.54. The minimum Gasteiger partial charge on any atom is -0.494 e. The van der Waals surface area contributed by atoms with Gasteiger partial charge in [0.05, 0.1) is 44.0 Å². The van der Waals surface area contributed by atoms with Crippen LogP contribution in [0.1, 0.15) is 39.2 Å². The fourth-order valence-electron chi connectivity index (χ4n) is 3.30. The molecule has 1 heterocycles. The summed E-state index contributed by atoms with van der Waals surface area (Å²) in [7, 11) is 1.32. The zero-order chi connectivity index (χ0) is 23.1. The Labute approximate surface area is 180 Å². The molecule has 9 heteroatoms. The Hall–Kier alpha value is -3.36. The van der Waals surface area contributed by atoms with Gasteiger partial charge in [0, 0.05) is 5.70 Å². The summed E-state index contributed by atoms with van der Waals surface area (Å²) in [6, 6.07) is 4.02. The molecule has 1 aliphatic rings. The Balaban J connectivity index is 2.80. The predicted molar refractivity (Wildman–Crippen MR) is 108 cm³/mol. The fourth-order valence-corrected chi connectivity index (χ4v) is 3.30. The maximum atomic E-state index is 14.5. The number of halogens is 1. The van der Waals surface area contributed by atoms with E-state index in [1.807, 2.05) is 0 Å². The van der Waals surface area contributed by atoms with Crippen LogP contribution in [0.4, 0.5) is 4.39 Å². The SMILES string of the molecule is CCOC(=O)C1=C(C(=O)OCC)C(c2ccc(OC)c(F)c2)C(C(=O)OCC)=C(C)N1. The van der Waals surface area contributed by atoms with Crippen molar-refractivity contribution in [3.05, 3.63) is 52.1 Å². The van der Waals surface area contributed by atoms with Crippen LogP contribution in [-0.2, 0) is 28.6 Å². The van der Waals surface area contributed by atoms with Crippen molar-refractivity contribution in [2.24, 2.45) is 0 Å². The zero-order valence-electron chi connectivity index (χ0n) is 18.2. The molecule has 0 aromatic heterocycles. The highest BCUT2D eigenvalue weighted by Gasteiger charge is 2.41. The standard InChI is InChI=1S/C22H26FNO7/c1-6-29-20(25)16-12(4)24-19(22(27)31-8-3)18(21(26)30-7-2)17(16)13-9-10-15(28-5)14(23)11-13/h9-11,17,24H,6-8H2,1-5H3. The average Bonchev–Trinajstić information content (AvgIpc) is 2.73. The Morgan fingerprint density at radius 1 is 0.935 bits per heavy atom. The van der Waals surface area contributed by atoms with Crippen LogP contribution in [-0.4, -0.2) is 44.8 Å². The molecular formula is C22H26FNO7. The molecule has 8 nitrogen and oxygen atoms in total. The third-order valence-electron chi connectivity index (χ3n) is 4.54. The molecule has 31 heavy (non-hydrogen) atoms. The van der Waals surface area contributed by atoms with Gasteiger partial charge in [-0.3, -0.25) is 0 Å². The number of ether oxygens (including phenoxy) is 4. The Kier molecular flexibility index (Phi) is 8.18. The Morgan fingerprint density at radius 2 is 1.48 bits per heavy atom. The highest BCUT2D eigenvalue weighted by atomic mass is 19.1. The molecule has 0 saturated carbocycles. The molecular weight excluding hydrogens is 409 g/mol. The van der Waals surface area contributed by atoms with Crippen molar-refractivity contribution in [2.45, 2.75) is 33.6 Å². The first-order valence-electron chi connectivity index (χ1n) is 9.87. The number of dihydropyridines is 1. The normalized spacial score (nSPS) is 15.9. The average molecular weight is 435 g/mol. The summed E-state index contributed by atoms with van der Waals surface area (Å²) in [6.45, 7) is 6.60. The van der Waals surface area contributed by atoms with E-state index >= 15 is 0 Å². The topological polar surface area (TPSA) is 100 Å². The molecule has 1 atom stereocenters. The molecule has 168 valence electrons. The van der Waals surface area contributed by atoms with E-state index < -0.39 is 29.6 Å². The van der Waals surface area contributed by atoms with Gasteiger partial charge in [-0.15, -0.1) is 0 Å². The van der Waals surface area contributed by atoms with Crippen LogP contribution in [0.3, 0.4) is 0 Å². The summed E-state index contributed by atoms with van der Waals surface area (Å²) >= 11 is 0. The Morgan fingerprint density at radius 3 is 2.00 bits per heavy atom. The molecule has 1 aromatic carbocycles. The van der Waals surface area contributed by atoms with Gasteiger partial charge in [0.25, 0.3) is 0 Å². The second-order valence-electron chi connectivity index (χ2n) is 6.44. The minimum absolute atomic E-state index is 0.0108. The molecule has 0 aliphatic carbocycles. The number of hydrogen-bond acceptors (Lipinski definition) is 8.